The average Bonchev–Trinajstić information content (AvgIpc) is 2.02. The summed E-state index contributed by atoms with van der Waals surface area (Å²) in [5.41, 5.74) is -0.340. The summed E-state index contributed by atoms with van der Waals surface area (Å²) in [7, 11) is 0. The van der Waals surface area contributed by atoms with E-state index in [1.807, 2.05) is 27.7 Å². The van der Waals surface area contributed by atoms with E-state index in [-0.39, 0.29) is 10.9 Å². The van der Waals surface area contributed by atoms with Crippen LogP contribution in [0, 0.1) is 5.41 Å². The highest BCUT2D eigenvalue weighted by Gasteiger charge is 2.34. The Bertz CT molecular complexity index is 257. The van der Waals surface area contributed by atoms with Crippen molar-refractivity contribution in [2.75, 3.05) is 6.61 Å². The van der Waals surface area contributed by atoms with Gasteiger partial charge in [-0.1, -0.05) is 20.8 Å². The van der Waals surface area contributed by atoms with Gasteiger partial charge >= 0.3 is 6.09 Å². The Hall–Kier alpha value is -0.710. The van der Waals surface area contributed by atoms with E-state index in [0.29, 0.717) is 11.8 Å². The van der Waals surface area contributed by atoms with Gasteiger partial charge in [0.2, 0.25) is 0 Å². The summed E-state index contributed by atoms with van der Waals surface area (Å²) in [6, 6.07) is 0. The van der Waals surface area contributed by atoms with Gasteiger partial charge in [0.15, 0.2) is 5.44 Å². The largest absolute Gasteiger partial charge is 0.473 e. The summed E-state index contributed by atoms with van der Waals surface area (Å²) in [6.07, 6.45) is -0.563. The van der Waals surface area contributed by atoms with Crippen LogP contribution in [0.2, 0.25) is 0 Å². The summed E-state index contributed by atoms with van der Waals surface area (Å²) in [4.78, 5) is 14.7. The van der Waals surface area contributed by atoms with Gasteiger partial charge in [-0.3, -0.25) is 0 Å². The summed E-state index contributed by atoms with van der Waals surface area (Å²) in [5, 5.41) is 0.406. The van der Waals surface area contributed by atoms with Gasteiger partial charge in [-0.25, -0.2) is 4.79 Å². The lowest BCUT2D eigenvalue weighted by Gasteiger charge is -2.30. The molecule has 14 heavy (non-hydrogen) atoms. The van der Waals surface area contributed by atoms with Gasteiger partial charge in [-0.05, 0) is 18.7 Å². The number of thioether (sulfide) groups is 1. The van der Waals surface area contributed by atoms with Crippen molar-refractivity contribution in [3.8, 4) is 0 Å². The van der Waals surface area contributed by atoms with E-state index in [2.05, 4.69) is 4.99 Å². The molecule has 1 aliphatic rings. The van der Waals surface area contributed by atoms with E-state index in [0.717, 1.165) is 0 Å². The van der Waals surface area contributed by atoms with Crippen LogP contribution in [0.4, 0.5) is 4.79 Å². The molecule has 1 amide bonds. The SMILES string of the molecule is CCOC1=NC(=O)OC(C(C)(C)C)S1. The molecule has 0 aromatic rings. The molecular formula is C9H15NO3S. The molecule has 80 valence electrons. The van der Waals surface area contributed by atoms with Crippen LogP contribution < -0.4 is 0 Å². The first kappa shape index (κ1) is 11.4. The molecule has 0 saturated carbocycles. The van der Waals surface area contributed by atoms with Crippen LogP contribution in [0.5, 0.6) is 0 Å². The fourth-order valence-electron chi connectivity index (χ4n) is 0.878. The second-order valence-electron chi connectivity index (χ2n) is 4.01. The number of nitrogens with zero attached hydrogens (tertiary/aromatic N) is 1. The summed E-state index contributed by atoms with van der Waals surface area (Å²) in [5.74, 6) is 0. The van der Waals surface area contributed by atoms with Crippen molar-refractivity contribution in [2.45, 2.75) is 33.1 Å². The Morgan fingerprint density at radius 1 is 1.57 bits per heavy atom. The molecule has 5 heteroatoms. The second-order valence-corrected chi connectivity index (χ2v) is 5.02. The Labute approximate surface area is 88.1 Å². The summed E-state index contributed by atoms with van der Waals surface area (Å²) >= 11 is 1.35. The van der Waals surface area contributed by atoms with Crippen molar-refractivity contribution in [3.05, 3.63) is 0 Å². The lowest BCUT2D eigenvalue weighted by molar-refractivity contribution is 0.0913. The number of hydrogen-bond acceptors (Lipinski definition) is 4. The number of rotatable bonds is 1. The molecule has 0 fully saturated rings. The number of cyclic esters (lactones) is 1. The number of carbonyl (C=O) groups excluding carboxylic acids is 1. The maximum atomic E-state index is 11.1. The molecule has 0 radical (unpaired) electrons. The monoisotopic (exact) mass is 217 g/mol. The van der Waals surface area contributed by atoms with Crippen LogP contribution >= 0.6 is 11.8 Å². The highest BCUT2D eigenvalue weighted by Crippen LogP contribution is 2.35. The molecule has 0 aromatic carbocycles. The molecule has 0 saturated heterocycles. The predicted molar refractivity (Wildman–Crippen MR) is 56.4 cm³/mol. The smallest absolute Gasteiger partial charge is 0.438 e. The molecule has 1 unspecified atom stereocenters. The maximum Gasteiger partial charge on any atom is 0.438 e. The molecule has 0 aromatic heterocycles. The van der Waals surface area contributed by atoms with Gasteiger partial charge in [0.25, 0.3) is 5.23 Å². The van der Waals surface area contributed by atoms with Gasteiger partial charge in [-0.15, -0.1) is 4.99 Å². The van der Waals surface area contributed by atoms with E-state index in [4.69, 9.17) is 9.47 Å². The summed E-state index contributed by atoms with van der Waals surface area (Å²) in [6.45, 7) is 8.39. The van der Waals surface area contributed by atoms with E-state index >= 15 is 0 Å². The molecule has 0 bridgehead atoms. The van der Waals surface area contributed by atoms with Crippen molar-refractivity contribution in [2.24, 2.45) is 10.4 Å². The van der Waals surface area contributed by atoms with E-state index in [1.165, 1.54) is 11.8 Å². The fraction of sp³-hybridized carbons (Fsp3) is 0.778. The summed E-state index contributed by atoms with van der Waals surface area (Å²) < 4.78 is 10.3. The molecule has 0 spiro atoms. The van der Waals surface area contributed by atoms with Crippen molar-refractivity contribution >= 4 is 23.1 Å². The zero-order valence-corrected chi connectivity index (χ0v) is 9.68. The van der Waals surface area contributed by atoms with Gasteiger partial charge in [-0.2, -0.15) is 0 Å². The standard InChI is InChI=1S/C9H15NO3S/c1-5-12-8-10-7(11)13-6(14-8)9(2,3)4/h6H,5H2,1-4H3. The third-order valence-corrected chi connectivity index (χ3v) is 3.00. The molecule has 4 nitrogen and oxygen atoms in total. The Morgan fingerprint density at radius 3 is 2.71 bits per heavy atom. The van der Waals surface area contributed by atoms with Crippen LogP contribution in [0.1, 0.15) is 27.7 Å². The molecular weight excluding hydrogens is 202 g/mol. The minimum atomic E-state index is -0.563. The molecule has 0 aliphatic carbocycles. The van der Waals surface area contributed by atoms with Crippen LogP contribution in [0.25, 0.3) is 0 Å². The number of amides is 1. The third kappa shape index (κ3) is 2.90. The molecule has 1 atom stereocenters. The zero-order chi connectivity index (χ0) is 10.8. The normalized spacial score (nSPS) is 22.7. The lowest BCUT2D eigenvalue weighted by Crippen LogP contribution is -2.32. The van der Waals surface area contributed by atoms with E-state index in [1.54, 1.807) is 0 Å². The maximum absolute atomic E-state index is 11.1. The Balaban J connectivity index is 2.71. The highest BCUT2D eigenvalue weighted by molar-refractivity contribution is 8.14. The van der Waals surface area contributed by atoms with Gasteiger partial charge in [0.05, 0.1) is 6.61 Å². The first-order chi connectivity index (χ1) is 6.43. The minimum Gasteiger partial charge on any atom is -0.473 e. The highest BCUT2D eigenvalue weighted by atomic mass is 32.2. The van der Waals surface area contributed by atoms with Gasteiger partial charge < -0.3 is 9.47 Å². The topological polar surface area (TPSA) is 47.9 Å². The second kappa shape index (κ2) is 4.21. The number of ether oxygens (including phenoxy) is 2. The number of hydrogen-bond donors (Lipinski definition) is 0. The van der Waals surface area contributed by atoms with Crippen molar-refractivity contribution < 1.29 is 14.3 Å². The Morgan fingerprint density at radius 2 is 2.21 bits per heavy atom. The van der Waals surface area contributed by atoms with Gasteiger partial charge in [0.1, 0.15) is 0 Å². The van der Waals surface area contributed by atoms with Gasteiger partial charge in [0, 0.05) is 5.41 Å². The van der Waals surface area contributed by atoms with Crippen LogP contribution in [0.3, 0.4) is 0 Å². The average molecular weight is 217 g/mol. The first-order valence-corrected chi connectivity index (χ1v) is 5.40. The van der Waals surface area contributed by atoms with Crippen molar-refractivity contribution in [3.63, 3.8) is 0 Å². The zero-order valence-electron chi connectivity index (χ0n) is 8.86. The predicted octanol–water partition coefficient (Wildman–Crippen LogP) is 2.63. The molecule has 0 N–H and O–H groups in total. The van der Waals surface area contributed by atoms with Crippen molar-refractivity contribution in [1.29, 1.82) is 0 Å². The van der Waals surface area contributed by atoms with Crippen molar-refractivity contribution in [1.82, 2.24) is 0 Å². The first-order valence-electron chi connectivity index (χ1n) is 4.52. The van der Waals surface area contributed by atoms with Crippen LogP contribution in [0.15, 0.2) is 4.99 Å². The Kier molecular flexibility index (Phi) is 3.42. The lowest BCUT2D eigenvalue weighted by atomic mass is 9.98. The third-order valence-electron chi connectivity index (χ3n) is 1.57. The van der Waals surface area contributed by atoms with Crippen LogP contribution in [-0.4, -0.2) is 23.4 Å². The quantitative estimate of drug-likeness (QED) is 0.677. The fourth-order valence-corrected chi connectivity index (χ4v) is 1.86. The van der Waals surface area contributed by atoms with E-state index < -0.39 is 6.09 Å². The molecule has 1 heterocycles. The van der Waals surface area contributed by atoms with E-state index in [9.17, 15) is 4.79 Å². The molecule has 1 aliphatic heterocycles. The minimum absolute atomic E-state index is 0.112. The van der Waals surface area contributed by atoms with Crippen LogP contribution in [-0.2, 0) is 9.47 Å². The molecule has 1 rings (SSSR count). The number of carbonyl (C=O) groups is 1. The number of aliphatic imine (C=N–C) groups is 1.